The molecule has 0 bridgehead atoms. The molecule has 18 heavy (non-hydrogen) atoms. The minimum atomic E-state index is -0.967. The summed E-state index contributed by atoms with van der Waals surface area (Å²) in [6, 6.07) is 4.01. The van der Waals surface area contributed by atoms with Crippen LogP contribution in [-0.2, 0) is 0 Å². The van der Waals surface area contributed by atoms with Gasteiger partial charge < -0.3 is 14.9 Å². The number of carboxylic acids is 1. The third-order valence-corrected chi connectivity index (χ3v) is 3.60. The predicted octanol–water partition coefficient (Wildman–Crippen LogP) is 1.31. The van der Waals surface area contributed by atoms with Crippen LogP contribution < -0.4 is 4.90 Å². The molecule has 1 N–H and O–H groups in total. The van der Waals surface area contributed by atoms with Crippen LogP contribution in [0.15, 0.2) is 18.3 Å². The number of piperidine rings is 1. The second kappa shape index (κ2) is 5.35. The van der Waals surface area contributed by atoms with Crippen LogP contribution in [0.5, 0.6) is 0 Å². The molecular formula is C13H19N3O2. The van der Waals surface area contributed by atoms with Gasteiger partial charge in [-0.05, 0) is 45.1 Å². The van der Waals surface area contributed by atoms with Crippen LogP contribution in [0.2, 0.25) is 0 Å². The number of anilines is 1. The number of hydrogen-bond acceptors (Lipinski definition) is 4. The lowest BCUT2D eigenvalue weighted by Gasteiger charge is -2.36. The Kier molecular flexibility index (Phi) is 3.81. The zero-order valence-electron chi connectivity index (χ0n) is 10.8. The Balaban J connectivity index is 2.18. The fraction of sp³-hybridized carbons (Fsp3) is 0.538. The van der Waals surface area contributed by atoms with Crippen molar-refractivity contribution >= 4 is 11.7 Å². The van der Waals surface area contributed by atoms with E-state index in [-0.39, 0.29) is 5.69 Å². The average molecular weight is 249 g/mol. The molecule has 2 heterocycles. The van der Waals surface area contributed by atoms with Gasteiger partial charge in [0, 0.05) is 19.3 Å². The highest BCUT2D eigenvalue weighted by molar-refractivity contribution is 5.92. The second-order valence-corrected chi connectivity index (χ2v) is 4.82. The number of carboxylic acid groups (broad SMARTS) is 1. The standard InChI is InChI=1S/C13H19N3O2/c1-15-8-5-10(6-9-15)16(2)11-4-3-7-14-12(11)13(17)18/h3-4,7,10H,5-6,8-9H2,1-2H3,(H,17,18). The van der Waals surface area contributed by atoms with Gasteiger partial charge in [0.2, 0.25) is 0 Å². The maximum absolute atomic E-state index is 11.2. The summed E-state index contributed by atoms with van der Waals surface area (Å²) in [4.78, 5) is 19.5. The topological polar surface area (TPSA) is 56.7 Å². The first kappa shape index (κ1) is 12.8. The predicted molar refractivity (Wildman–Crippen MR) is 70.1 cm³/mol. The van der Waals surface area contributed by atoms with Crippen LogP contribution in [0.1, 0.15) is 23.3 Å². The molecule has 5 nitrogen and oxygen atoms in total. The Morgan fingerprint density at radius 3 is 2.78 bits per heavy atom. The van der Waals surface area contributed by atoms with Gasteiger partial charge >= 0.3 is 5.97 Å². The van der Waals surface area contributed by atoms with Crippen LogP contribution in [0.3, 0.4) is 0 Å². The maximum atomic E-state index is 11.2. The lowest BCUT2D eigenvalue weighted by atomic mass is 10.0. The number of carbonyl (C=O) groups is 1. The minimum Gasteiger partial charge on any atom is -0.476 e. The summed E-state index contributed by atoms with van der Waals surface area (Å²) < 4.78 is 0. The molecule has 0 unspecified atom stereocenters. The molecule has 0 saturated carbocycles. The molecule has 98 valence electrons. The zero-order chi connectivity index (χ0) is 13.1. The van der Waals surface area contributed by atoms with Gasteiger partial charge in [-0.1, -0.05) is 0 Å². The van der Waals surface area contributed by atoms with Crippen molar-refractivity contribution in [3.05, 3.63) is 24.0 Å². The van der Waals surface area contributed by atoms with Crippen molar-refractivity contribution < 1.29 is 9.90 Å². The molecule has 1 fully saturated rings. The fourth-order valence-corrected chi connectivity index (χ4v) is 2.43. The molecule has 1 aromatic rings. The minimum absolute atomic E-state index is 0.138. The second-order valence-electron chi connectivity index (χ2n) is 4.82. The number of rotatable bonds is 3. The molecule has 0 amide bonds. The molecule has 0 aromatic carbocycles. The molecule has 0 radical (unpaired) electrons. The van der Waals surface area contributed by atoms with Gasteiger partial charge in [-0.15, -0.1) is 0 Å². The van der Waals surface area contributed by atoms with E-state index in [0.29, 0.717) is 11.7 Å². The van der Waals surface area contributed by atoms with Crippen LogP contribution in [0, 0.1) is 0 Å². The van der Waals surface area contributed by atoms with Crippen molar-refractivity contribution in [1.29, 1.82) is 0 Å². The van der Waals surface area contributed by atoms with Crippen LogP contribution >= 0.6 is 0 Å². The van der Waals surface area contributed by atoms with Crippen LogP contribution in [-0.4, -0.2) is 54.2 Å². The van der Waals surface area contributed by atoms with E-state index in [2.05, 4.69) is 21.8 Å². The van der Waals surface area contributed by atoms with Gasteiger partial charge in [-0.3, -0.25) is 0 Å². The first-order valence-corrected chi connectivity index (χ1v) is 6.19. The van der Waals surface area contributed by atoms with E-state index in [1.54, 1.807) is 6.07 Å². The van der Waals surface area contributed by atoms with E-state index in [1.807, 2.05) is 13.1 Å². The largest absolute Gasteiger partial charge is 0.476 e. The number of hydrogen-bond donors (Lipinski definition) is 1. The zero-order valence-corrected chi connectivity index (χ0v) is 10.8. The summed E-state index contributed by atoms with van der Waals surface area (Å²) in [5.74, 6) is -0.967. The molecule has 1 saturated heterocycles. The van der Waals surface area contributed by atoms with E-state index in [1.165, 1.54) is 6.20 Å². The number of likely N-dealkylation sites (tertiary alicyclic amines) is 1. The Bertz CT molecular complexity index is 428. The van der Waals surface area contributed by atoms with Crippen molar-refractivity contribution in [2.24, 2.45) is 0 Å². The van der Waals surface area contributed by atoms with Gasteiger partial charge in [-0.25, -0.2) is 9.78 Å². The lowest BCUT2D eigenvalue weighted by Crippen LogP contribution is -2.42. The van der Waals surface area contributed by atoms with E-state index < -0.39 is 5.97 Å². The maximum Gasteiger partial charge on any atom is 0.356 e. The smallest absolute Gasteiger partial charge is 0.356 e. The molecule has 1 aliphatic rings. The third-order valence-electron chi connectivity index (χ3n) is 3.60. The Morgan fingerprint density at radius 1 is 1.50 bits per heavy atom. The summed E-state index contributed by atoms with van der Waals surface area (Å²) in [6.07, 6.45) is 3.64. The number of nitrogens with zero attached hydrogens (tertiary/aromatic N) is 3. The SMILES string of the molecule is CN1CCC(N(C)c2cccnc2C(=O)O)CC1. The normalized spacial score (nSPS) is 17.7. The molecular weight excluding hydrogens is 230 g/mol. The number of pyridine rings is 1. The molecule has 5 heteroatoms. The highest BCUT2D eigenvalue weighted by atomic mass is 16.4. The van der Waals surface area contributed by atoms with Gasteiger partial charge in [0.25, 0.3) is 0 Å². The van der Waals surface area contributed by atoms with Crippen molar-refractivity contribution in [3.8, 4) is 0 Å². The average Bonchev–Trinajstić information content (AvgIpc) is 2.39. The molecule has 2 rings (SSSR count). The summed E-state index contributed by atoms with van der Waals surface area (Å²) in [5.41, 5.74) is 0.846. The molecule has 1 aromatic heterocycles. The quantitative estimate of drug-likeness (QED) is 0.875. The third kappa shape index (κ3) is 2.61. The van der Waals surface area contributed by atoms with E-state index in [0.717, 1.165) is 25.9 Å². The Hall–Kier alpha value is -1.62. The summed E-state index contributed by atoms with van der Waals surface area (Å²) >= 11 is 0. The van der Waals surface area contributed by atoms with E-state index in [9.17, 15) is 4.79 Å². The monoisotopic (exact) mass is 249 g/mol. The molecule has 1 aliphatic heterocycles. The first-order chi connectivity index (χ1) is 8.59. The Labute approximate surface area is 107 Å². The molecule has 0 atom stereocenters. The molecule has 0 spiro atoms. The van der Waals surface area contributed by atoms with Crippen molar-refractivity contribution in [3.63, 3.8) is 0 Å². The summed E-state index contributed by atoms with van der Waals surface area (Å²) in [7, 11) is 4.07. The van der Waals surface area contributed by atoms with Gasteiger partial charge in [-0.2, -0.15) is 0 Å². The highest BCUT2D eigenvalue weighted by Gasteiger charge is 2.24. The van der Waals surface area contributed by atoms with E-state index >= 15 is 0 Å². The Morgan fingerprint density at radius 2 is 2.17 bits per heavy atom. The number of aromatic nitrogens is 1. The number of aromatic carboxylic acids is 1. The summed E-state index contributed by atoms with van der Waals surface area (Å²) in [5, 5.41) is 9.16. The van der Waals surface area contributed by atoms with Gasteiger partial charge in [0.05, 0.1) is 5.69 Å². The highest BCUT2D eigenvalue weighted by Crippen LogP contribution is 2.23. The first-order valence-electron chi connectivity index (χ1n) is 6.19. The van der Waals surface area contributed by atoms with Crippen LogP contribution in [0.4, 0.5) is 5.69 Å². The van der Waals surface area contributed by atoms with Gasteiger partial charge in [0.15, 0.2) is 5.69 Å². The fourth-order valence-electron chi connectivity index (χ4n) is 2.43. The molecule has 0 aliphatic carbocycles. The summed E-state index contributed by atoms with van der Waals surface area (Å²) in [6.45, 7) is 2.11. The van der Waals surface area contributed by atoms with E-state index in [4.69, 9.17) is 5.11 Å². The lowest BCUT2D eigenvalue weighted by molar-refractivity contribution is 0.0691. The van der Waals surface area contributed by atoms with Crippen molar-refractivity contribution in [2.45, 2.75) is 18.9 Å². The van der Waals surface area contributed by atoms with Crippen molar-refractivity contribution in [1.82, 2.24) is 9.88 Å². The van der Waals surface area contributed by atoms with Crippen molar-refractivity contribution in [2.75, 3.05) is 32.1 Å². The van der Waals surface area contributed by atoms with Crippen LogP contribution in [0.25, 0.3) is 0 Å². The van der Waals surface area contributed by atoms with Gasteiger partial charge in [0.1, 0.15) is 0 Å².